The minimum atomic E-state index is -2.13. The van der Waals surface area contributed by atoms with Gasteiger partial charge in [0.15, 0.2) is 29.8 Å². The van der Waals surface area contributed by atoms with Crippen LogP contribution in [0.1, 0.15) is 85.9 Å². The van der Waals surface area contributed by atoms with Crippen molar-refractivity contribution in [2.45, 2.75) is 26.6 Å². The number of aldehydes is 2. The number of phenols is 5. The van der Waals surface area contributed by atoms with Crippen LogP contribution in [0.25, 0.3) is 0 Å². The minimum Gasteiger partial charge on any atom is -0.507 e. The fraction of sp³-hybridized carbons (Fsp3) is 0.207. The summed E-state index contributed by atoms with van der Waals surface area (Å²) < 4.78 is 20.0. The number of phenolic OH excluding ortho intramolecular Hbond substituents is 5. The topological polar surface area (TPSA) is 244 Å². The van der Waals surface area contributed by atoms with Crippen molar-refractivity contribution < 1.29 is 73.6 Å². The fourth-order valence-corrected chi connectivity index (χ4v) is 4.94. The summed E-state index contributed by atoms with van der Waals surface area (Å²) in [6.07, 6.45) is -2.71. The van der Waals surface area contributed by atoms with Gasteiger partial charge in [-0.15, -0.1) is 0 Å². The van der Waals surface area contributed by atoms with Gasteiger partial charge in [0.2, 0.25) is 6.29 Å². The third-order valence-electron chi connectivity index (χ3n) is 7.14. The summed E-state index contributed by atoms with van der Waals surface area (Å²) >= 11 is 0. The molecule has 1 aliphatic rings. The van der Waals surface area contributed by atoms with Gasteiger partial charge in [0.25, 0.3) is 0 Å². The molecule has 15 nitrogen and oxygen atoms in total. The van der Waals surface area contributed by atoms with Gasteiger partial charge in [-0.1, -0.05) is 0 Å². The maximum Gasteiger partial charge on any atom is 0.345 e. The number of methoxy groups -OCH3 is 2. The number of carbonyl (C=O) groups excluding carboxylic acids is 5. The molecule has 0 amide bonds. The van der Waals surface area contributed by atoms with E-state index in [1.165, 1.54) is 13.8 Å². The van der Waals surface area contributed by atoms with Crippen LogP contribution in [-0.2, 0) is 20.6 Å². The summed E-state index contributed by atoms with van der Waals surface area (Å²) in [5.41, 5.74) is -4.57. The van der Waals surface area contributed by atoms with Gasteiger partial charge in [0.05, 0.1) is 30.9 Å². The van der Waals surface area contributed by atoms with Gasteiger partial charge in [-0.05, 0) is 31.0 Å². The molecule has 0 spiro atoms. The molecule has 1 unspecified atom stereocenters. The van der Waals surface area contributed by atoms with E-state index in [4.69, 9.17) is 14.2 Å². The predicted octanol–water partition coefficient (Wildman–Crippen LogP) is 2.57. The van der Waals surface area contributed by atoms with Crippen molar-refractivity contribution in [3.63, 3.8) is 0 Å². The van der Waals surface area contributed by atoms with Crippen LogP contribution in [0.15, 0.2) is 6.07 Å². The van der Waals surface area contributed by atoms with Crippen molar-refractivity contribution in [1.82, 2.24) is 0 Å². The Morgan fingerprint density at radius 2 is 1.43 bits per heavy atom. The second-order valence-corrected chi connectivity index (χ2v) is 9.47. The Bertz CT molecular complexity index is 1790. The van der Waals surface area contributed by atoms with Gasteiger partial charge >= 0.3 is 17.9 Å². The van der Waals surface area contributed by atoms with E-state index < -0.39 is 104 Å². The second-order valence-electron chi connectivity index (χ2n) is 9.47. The Labute approximate surface area is 247 Å². The number of aliphatic hydroxyl groups excluding tert-OH is 1. The Kier molecular flexibility index (Phi) is 8.10. The molecule has 0 radical (unpaired) electrons. The molecule has 230 valence electrons. The standard InChI is InChI=1S/C29H24O15/c1-9-5-15(32)13(7-30)24(16(9)26(37)41-3)43-25-19-18(28(39)44-29(19)40)21(34)12(23(25)36)6-11-10(2)17(27(38)42-4)22(35)14(8-31)20(11)33/h5,7-8,29,32-36,40H,6H2,1-4H3. The molecule has 44 heavy (non-hydrogen) atoms. The van der Waals surface area contributed by atoms with E-state index in [2.05, 4.69) is 4.74 Å². The molecule has 15 heteroatoms. The number of benzene rings is 3. The van der Waals surface area contributed by atoms with E-state index in [1.807, 2.05) is 0 Å². The van der Waals surface area contributed by atoms with E-state index in [1.54, 1.807) is 0 Å². The molecule has 1 aliphatic heterocycles. The fourth-order valence-electron chi connectivity index (χ4n) is 4.94. The minimum absolute atomic E-state index is 0.0459. The molecule has 4 rings (SSSR count). The first kappa shape index (κ1) is 31.1. The van der Waals surface area contributed by atoms with Crippen LogP contribution in [0, 0.1) is 13.8 Å². The molecule has 0 aliphatic carbocycles. The summed E-state index contributed by atoms with van der Waals surface area (Å²) in [6.45, 7) is 2.61. The van der Waals surface area contributed by atoms with Gasteiger partial charge in [-0.25, -0.2) is 14.4 Å². The maximum absolute atomic E-state index is 12.7. The number of aromatic hydroxyl groups is 5. The van der Waals surface area contributed by atoms with Crippen LogP contribution >= 0.6 is 0 Å². The lowest BCUT2D eigenvalue weighted by Crippen LogP contribution is -2.11. The van der Waals surface area contributed by atoms with Gasteiger partial charge in [-0.2, -0.15) is 0 Å². The van der Waals surface area contributed by atoms with Crippen LogP contribution in [0.3, 0.4) is 0 Å². The summed E-state index contributed by atoms with van der Waals surface area (Å²) in [5, 5.41) is 64.7. The normalized spacial score (nSPS) is 13.6. The second kappa shape index (κ2) is 11.4. The Morgan fingerprint density at radius 3 is 2.00 bits per heavy atom. The molecule has 0 fully saturated rings. The summed E-state index contributed by atoms with van der Waals surface area (Å²) in [6, 6.07) is 1.07. The molecule has 0 aromatic heterocycles. The maximum atomic E-state index is 12.7. The van der Waals surface area contributed by atoms with E-state index in [0.717, 1.165) is 20.3 Å². The monoisotopic (exact) mass is 612 g/mol. The van der Waals surface area contributed by atoms with Crippen LogP contribution < -0.4 is 4.74 Å². The number of rotatable bonds is 8. The summed E-state index contributed by atoms with van der Waals surface area (Å²) in [4.78, 5) is 61.4. The molecule has 6 N–H and O–H groups in total. The lowest BCUT2D eigenvalue weighted by Gasteiger charge is -2.21. The zero-order chi connectivity index (χ0) is 32.8. The van der Waals surface area contributed by atoms with Crippen molar-refractivity contribution in [2.24, 2.45) is 0 Å². The van der Waals surface area contributed by atoms with Crippen LogP contribution in [0.2, 0.25) is 0 Å². The quantitative estimate of drug-likeness (QED) is 0.122. The highest BCUT2D eigenvalue weighted by Crippen LogP contribution is 2.53. The molecule has 0 saturated heterocycles. The van der Waals surface area contributed by atoms with E-state index >= 15 is 0 Å². The first-order chi connectivity index (χ1) is 20.7. The molecule has 0 saturated carbocycles. The van der Waals surface area contributed by atoms with Crippen LogP contribution in [0.4, 0.5) is 0 Å². The van der Waals surface area contributed by atoms with E-state index in [-0.39, 0.29) is 34.8 Å². The van der Waals surface area contributed by atoms with Crippen molar-refractivity contribution in [3.8, 4) is 40.2 Å². The first-order valence-electron chi connectivity index (χ1n) is 12.4. The van der Waals surface area contributed by atoms with Crippen LogP contribution in [-0.4, -0.2) is 75.3 Å². The van der Waals surface area contributed by atoms with Gasteiger partial charge in [-0.3, -0.25) is 9.59 Å². The van der Waals surface area contributed by atoms with Crippen molar-refractivity contribution in [2.75, 3.05) is 14.2 Å². The Morgan fingerprint density at radius 1 is 0.841 bits per heavy atom. The number of hydrogen-bond acceptors (Lipinski definition) is 15. The molecular formula is C29H24O15. The number of ether oxygens (including phenoxy) is 4. The first-order valence-corrected chi connectivity index (χ1v) is 12.4. The highest BCUT2D eigenvalue weighted by atomic mass is 16.6. The Hall–Kier alpha value is -5.83. The molecule has 1 atom stereocenters. The van der Waals surface area contributed by atoms with Gasteiger partial charge in [0.1, 0.15) is 39.7 Å². The van der Waals surface area contributed by atoms with E-state index in [0.29, 0.717) is 0 Å². The van der Waals surface area contributed by atoms with Crippen molar-refractivity contribution >= 4 is 30.5 Å². The number of fused-ring (bicyclic) bond motifs is 1. The number of aryl methyl sites for hydroxylation is 1. The van der Waals surface area contributed by atoms with E-state index in [9.17, 15) is 54.6 Å². The summed E-state index contributed by atoms with van der Waals surface area (Å²) in [7, 11) is 2.01. The SMILES string of the molecule is COC(=O)c1c(C)c(Cc2c(O)c(Oc3c(C=O)c(O)cc(C)c3C(=O)OC)c3c(c2O)C(=O)OC3O)c(O)c(C=O)c1O. The third kappa shape index (κ3) is 4.64. The average Bonchev–Trinajstić information content (AvgIpc) is 3.27. The number of hydrogen-bond donors (Lipinski definition) is 6. The highest BCUT2D eigenvalue weighted by molar-refractivity contribution is 6.02. The number of carbonyl (C=O) groups is 5. The molecule has 3 aromatic carbocycles. The Balaban J connectivity index is 2.07. The van der Waals surface area contributed by atoms with Gasteiger partial charge in [0, 0.05) is 17.5 Å². The van der Waals surface area contributed by atoms with Gasteiger partial charge < -0.3 is 49.6 Å². The number of cyclic esters (lactones) is 1. The highest BCUT2D eigenvalue weighted by Gasteiger charge is 2.41. The average molecular weight is 612 g/mol. The third-order valence-corrected chi connectivity index (χ3v) is 7.14. The molecule has 1 heterocycles. The molecular weight excluding hydrogens is 588 g/mol. The largest absolute Gasteiger partial charge is 0.507 e. The zero-order valence-electron chi connectivity index (χ0n) is 23.4. The lowest BCUT2D eigenvalue weighted by molar-refractivity contribution is -0.0555. The van der Waals surface area contributed by atoms with Crippen molar-refractivity contribution in [1.29, 1.82) is 0 Å². The van der Waals surface area contributed by atoms with Crippen molar-refractivity contribution in [3.05, 3.63) is 61.7 Å². The number of aliphatic hydroxyl groups is 1. The summed E-state index contributed by atoms with van der Waals surface area (Å²) in [5.74, 6) is -9.30. The zero-order valence-corrected chi connectivity index (χ0v) is 23.4. The predicted molar refractivity (Wildman–Crippen MR) is 144 cm³/mol. The smallest absolute Gasteiger partial charge is 0.345 e. The lowest BCUT2D eigenvalue weighted by atomic mass is 9.89. The van der Waals surface area contributed by atoms with Crippen LogP contribution in [0.5, 0.6) is 40.2 Å². The molecule has 3 aromatic rings. The molecule has 0 bridgehead atoms. The number of esters is 3.